The maximum Gasteiger partial charge on any atom is 0.0805 e. The molecule has 2 nitrogen and oxygen atoms in total. The fourth-order valence-corrected chi connectivity index (χ4v) is 2.43. The molecule has 90 valence electrons. The van der Waals surface area contributed by atoms with Crippen LogP contribution in [0.15, 0.2) is 29.6 Å². The maximum absolute atomic E-state index is 4.66. The second-order valence-electron chi connectivity index (χ2n) is 4.10. The number of aromatic nitrogens is 1. The van der Waals surface area contributed by atoms with Crippen molar-refractivity contribution in [1.29, 1.82) is 0 Å². The summed E-state index contributed by atoms with van der Waals surface area (Å²) in [7, 11) is 0. The zero-order valence-corrected chi connectivity index (χ0v) is 11.2. The van der Waals surface area contributed by atoms with Crippen LogP contribution >= 0.6 is 11.3 Å². The van der Waals surface area contributed by atoms with Gasteiger partial charge in [0.05, 0.1) is 10.6 Å². The Hall–Kier alpha value is -1.19. The summed E-state index contributed by atoms with van der Waals surface area (Å²) < 4.78 is 0. The Labute approximate surface area is 107 Å². The van der Waals surface area contributed by atoms with Gasteiger partial charge in [-0.25, -0.2) is 0 Å². The van der Waals surface area contributed by atoms with Crippen LogP contribution in [0.5, 0.6) is 0 Å². The first-order valence-corrected chi connectivity index (χ1v) is 6.90. The maximum atomic E-state index is 4.66. The summed E-state index contributed by atoms with van der Waals surface area (Å²) in [5, 5.41) is 5.50. The molecule has 2 aromatic rings. The van der Waals surface area contributed by atoms with Crippen LogP contribution in [0.25, 0.3) is 10.6 Å². The van der Waals surface area contributed by atoms with Crippen LogP contribution in [0.2, 0.25) is 0 Å². The van der Waals surface area contributed by atoms with Gasteiger partial charge in [-0.1, -0.05) is 19.1 Å². The highest BCUT2D eigenvalue weighted by Gasteiger charge is 2.04. The Balaban J connectivity index is 2.12. The van der Waals surface area contributed by atoms with E-state index in [0.717, 1.165) is 24.5 Å². The van der Waals surface area contributed by atoms with E-state index >= 15 is 0 Å². The van der Waals surface area contributed by atoms with E-state index < -0.39 is 0 Å². The summed E-state index contributed by atoms with van der Waals surface area (Å²) in [6.07, 6.45) is 1.17. The standard InChI is InChI=1S/C14H18N2S/c1-3-8-15-10-12-6-7-13(16-11(12)2)14-5-4-9-17-14/h4-7,9,15H,3,8,10H2,1-2H3. The SMILES string of the molecule is CCCNCc1ccc(-c2cccs2)nc1C. The van der Waals surface area contributed by atoms with Gasteiger partial charge in [0.15, 0.2) is 0 Å². The smallest absolute Gasteiger partial charge is 0.0805 e. The highest BCUT2D eigenvalue weighted by atomic mass is 32.1. The molecule has 0 aliphatic heterocycles. The number of rotatable bonds is 5. The van der Waals surface area contributed by atoms with Crippen molar-refractivity contribution in [3.63, 3.8) is 0 Å². The molecular weight excluding hydrogens is 228 g/mol. The average molecular weight is 246 g/mol. The Kier molecular flexibility index (Phi) is 4.29. The second-order valence-corrected chi connectivity index (χ2v) is 5.04. The van der Waals surface area contributed by atoms with Gasteiger partial charge in [0, 0.05) is 12.2 Å². The zero-order valence-electron chi connectivity index (χ0n) is 10.4. The summed E-state index contributed by atoms with van der Waals surface area (Å²) in [5.41, 5.74) is 3.50. The molecule has 0 fully saturated rings. The topological polar surface area (TPSA) is 24.9 Å². The zero-order chi connectivity index (χ0) is 12.1. The average Bonchev–Trinajstić information content (AvgIpc) is 2.85. The van der Waals surface area contributed by atoms with E-state index in [1.807, 2.05) is 0 Å². The fourth-order valence-electron chi connectivity index (χ4n) is 1.74. The van der Waals surface area contributed by atoms with Crippen LogP contribution in [0, 0.1) is 6.92 Å². The van der Waals surface area contributed by atoms with Gasteiger partial charge in [0.1, 0.15) is 0 Å². The van der Waals surface area contributed by atoms with Crippen LogP contribution in [-0.4, -0.2) is 11.5 Å². The third-order valence-corrected chi connectivity index (χ3v) is 3.60. The molecule has 2 heterocycles. The van der Waals surface area contributed by atoms with Crippen molar-refractivity contribution >= 4 is 11.3 Å². The molecule has 2 aromatic heterocycles. The van der Waals surface area contributed by atoms with Gasteiger partial charge < -0.3 is 5.32 Å². The van der Waals surface area contributed by atoms with Gasteiger partial charge in [0.2, 0.25) is 0 Å². The summed E-state index contributed by atoms with van der Waals surface area (Å²) >= 11 is 1.73. The van der Waals surface area contributed by atoms with Crippen molar-refractivity contribution < 1.29 is 0 Å². The van der Waals surface area contributed by atoms with Crippen molar-refractivity contribution in [1.82, 2.24) is 10.3 Å². The largest absolute Gasteiger partial charge is 0.313 e. The van der Waals surface area contributed by atoms with E-state index in [-0.39, 0.29) is 0 Å². The molecule has 0 aromatic carbocycles. The fraction of sp³-hybridized carbons (Fsp3) is 0.357. The van der Waals surface area contributed by atoms with Gasteiger partial charge in [-0.2, -0.15) is 0 Å². The Morgan fingerprint density at radius 3 is 2.82 bits per heavy atom. The van der Waals surface area contributed by atoms with Gasteiger partial charge in [-0.15, -0.1) is 11.3 Å². The molecule has 1 N–H and O–H groups in total. The highest BCUT2D eigenvalue weighted by molar-refractivity contribution is 7.13. The highest BCUT2D eigenvalue weighted by Crippen LogP contribution is 2.23. The number of hydrogen-bond donors (Lipinski definition) is 1. The first-order valence-electron chi connectivity index (χ1n) is 6.02. The number of aryl methyl sites for hydroxylation is 1. The molecule has 17 heavy (non-hydrogen) atoms. The van der Waals surface area contributed by atoms with Crippen molar-refractivity contribution in [3.8, 4) is 10.6 Å². The molecular formula is C14H18N2S. The molecule has 0 aliphatic carbocycles. The number of nitrogens with zero attached hydrogens (tertiary/aromatic N) is 1. The van der Waals surface area contributed by atoms with Crippen molar-refractivity contribution in [3.05, 3.63) is 40.9 Å². The molecule has 0 saturated heterocycles. The van der Waals surface area contributed by atoms with Gasteiger partial charge in [-0.3, -0.25) is 4.98 Å². The molecule has 0 unspecified atom stereocenters. The van der Waals surface area contributed by atoms with E-state index in [1.54, 1.807) is 11.3 Å². The lowest BCUT2D eigenvalue weighted by molar-refractivity contribution is 0.671. The van der Waals surface area contributed by atoms with Gasteiger partial charge >= 0.3 is 0 Å². The van der Waals surface area contributed by atoms with Crippen LogP contribution in [0.3, 0.4) is 0 Å². The number of hydrogen-bond acceptors (Lipinski definition) is 3. The third kappa shape index (κ3) is 3.14. The van der Waals surface area contributed by atoms with Crippen LogP contribution < -0.4 is 5.32 Å². The van der Waals surface area contributed by atoms with Crippen LogP contribution in [-0.2, 0) is 6.54 Å². The third-order valence-electron chi connectivity index (χ3n) is 2.71. The summed E-state index contributed by atoms with van der Waals surface area (Å²) in [6.45, 7) is 6.24. The van der Waals surface area contributed by atoms with Gasteiger partial charge in [0.25, 0.3) is 0 Å². The van der Waals surface area contributed by atoms with Crippen molar-refractivity contribution in [2.75, 3.05) is 6.54 Å². The Bertz CT molecular complexity index is 463. The van der Waals surface area contributed by atoms with Gasteiger partial charge in [-0.05, 0) is 43.0 Å². The van der Waals surface area contributed by atoms with Crippen LogP contribution in [0.1, 0.15) is 24.6 Å². The molecule has 0 aliphatic rings. The first-order chi connectivity index (χ1) is 8.31. The lowest BCUT2D eigenvalue weighted by Crippen LogP contribution is -2.15. The van der Waals surface area contributed by atoms with E-state index in [1.165, 1.54) is 16.9 Å². The minimum Gasteiger partial charge on any atom is -0.313 e. The Morgan fingerprint density at radius 1 is 1.29 bits per heavy atom. The molecule has 0 amide bonds. The Morgan fingerprint density at radius 2 is 2.18 bits per heavy atom. The quantitative estimate of drug-likeness (QED) is 0.815. The lowest BCUT2D eigenvalue weighted by Gasteiger charge is -2.07. The predicted molar refractivity (Wildman–Crippen MR) is 74.3 cm³/mol. The minimum absolute atomic E-state index is 0.914. The molecule has 2 rings (SSSR count). The molecule has 0 bridgehead atoms. The van der Waals surface area contributed by atoms with E-state index in [0.29, 0.717) is 0 Å². The predicted octanol–water partition coefficient (Wildman–Crippen LogP) is 3.62. The second kappa shape index (κ2) is 5.94. The molecule has 3 heteroatoms. The number of thiophene rings is 1. The van der Waals surface area contributed by atoms with E-state index in [2.05, 4.69) is 53.8 Å². The summed E-state index contributed by atoms with van der Waals surface area (Å²) in [5.74, 6) is 0. The first kappa shape index (κ1) is 12.3. The monoisotopic (exact) mass is 246 g/mol. The van der Waals surface area contributed by atoms with E-state index in [9.17, 15) is 0 Å². The lowest BCUT2D eigenvalue weighted by atomic mass is 10.1. The van der Waals surface area contributed by atoms with Crippen molar-refractivity contribution in [2.45, 2.75) is 26.8 Å². The summed E-state index contributed by atoms with van der Waals surface area (Å²) in [6, 6.07) is 8.47. The molecule has 0 spiro atoms. The van der Waals surface area contributed by atoms with Crippen LogP contribution in [0.4, 0.5) is 0 Å². The van der Waals surface area contributed by atoms with E-state index in [4.69, 9.17) is 0 Å². The number of nitrogens with one attached hydrogen (secondary N) is 1. The van der Waals surface area contributed by atoms with Crippen molar-refractivity contribution in [2.24, 2.45) is 0 Å². The normalized spacial score (nSPS) is 10.7. The summed E-state index contributed by atoms with van der Waals surface area (Å²) in [4.78, 5) is 5.90. The number of pyridine rings is 1. The molecule has 0 atom stereocenters. The molecule has 0 radical (unpaired) electrons. The molecule has 0 saturated carbocycles. The minimum atomic E-state index is 0.914.